The Morgan fingerprint density at radius 2 is 1.94 bits per heavy atom. The first-order valence-corrected chi connectivity index (χ1v) is 5.61. The van der Waals surface area contributed by atoms with Gasteiger partial charge in [0.25, 0.3) is 0 Å². The molecule has 6 heteroatoms. The predicted molar refractivity (Wildman–Crippen MR) is 60.4 cm³/mol. The van der Waals surface area contributed by atoms with Gasteiger partial charge in [0, 0.05) is 5.69 Å². The van der Waals surface area contributed by atoms with Crippen molar-refractivity contribution in [1.29, 1.82) is 0 Å². The molecular weight excluding hydrogens is 247 g/mol. The van der Waals surface area contributed by atoms with E-state index in [1.165, 1.54) is 24.3 Å². The maximum atomic E-state index is 11.9. The molecule has 0 amide bonds. The second-order valence-electron chi connectivity index (χ2n) is 4.66. The van der Waals surface area contributed by atoms with Crippen LogP contribution in [-0.4, -0.2) is 23.1 Å². The normalized spacial score (nSPS) is 27.5. The van der Waals surface area contributed by atoms with E-state index in [4.69, 9.17) is 0 Å². The number of halogens is 3. The van der Waals surface area contributed by atoms with Crippen molar-refractivity contribution in [1.82, 2.24) is 0 Å². The van der Waals surface area contributed by atoms with Crippen molar-refractivity contribution in [3.8, 4) is 5.75 Å². The third-order valence-electron chi connectivity index (χ3n) is 3.12. The predicted octanol–water partition coefficient (Wildman–Crippen LogP) is 2.91. The maximum Gasteiger partial charge on any atom is 0.573 e. The van der Waals surface area contributed by atoms with Crippen molar-refractivity contribution in [2.45, 2.75) is 37.8 Å². The molecule has 1 aromatic rings. The summed E-state index contributed by atoms with van der Waals surface area (Å²) in [5, 5.41) is 12.9. The van der Waals surface area contributed by atoms with Crippen molar-refractivity contribution in [2.75, 3.05) is 5.32 Å². The van der Waals surface area contributed by atoms with E-state index in [1.807, 2.05) is 0 Å². The lowest BCUT2D eigenvalue weighted by Crippen LogP contribution is -2.53. The topological polar surface area (TPSA) is 41.5 Å². The molecule has 2 atom stereocenters. The van der Waals surface area contributed by atoms with E-state index >= 15 is 0 Å². The van der Waals surface area contributed by atoms with E-state index in [-0.39, 0.29) is 11.8 Å². The van der Waals surface area contributed by atoms with Gasteiger partial charge in [-0.2, -0.15) is 0 Å². The van der Waals surface area contributed by atoms with Gasteiger partial charge in [0.15, 0.2) is 0 Å². The summed E-state index contributed by atoms with van der Waals surface area (Å²) in [6.07, 6.45) is -3.11. The number of aliphatic hydroxyl groups is 1. The molecule has 18 heavy (non-hydrogen) atoms. The van der Waals surface area contributed by atoms with E-state index in [9.17, 15) is 18.3 Å². The molecule has 2 rings (SSSR count). The fraction of sp³-hybridized carbons (Fsp3) is 0.500. The van der Waals surface area contributed by atoms with Crippen LogP contribution in [0.3, 0.4) is 0 Å². The highest BCUT2D eigenvalue weighted by molar-refractivity contribution is 5.48. The number of benzene rings is 1. The fourth-order valence-electron chi connectivity index (χ4n) is 1.89. The molecule has 2 N–H and O–H groups in total. The van der Waals surface area contributed by atoms with Crippen LogP contribution in [0.1, 0.15) is 19.8 Å². The molecule has 1 aliphatic rings. The largest absolute Gasteiger partial charge is 0.573 e. The van der Waals surface area contributed by atoms with Gasteiger partial charge in [0.1, 0.15) is 5.75 Å². The molecular formula is C12H14F3NO2. The third kappa shape index (κ3) is 3.07. The highest BCUT2D eigenvalue weighted by atomic mass is 19.4. The Balaban J connectivity index is 1.96. The van der Waals surface area contributed by atoms with Crippen LogP contribution in [0.2, 0.25) is 0 Å². The van der Waals surface area contributed by atoms with Crippen molar-refractivity contribution in [2.24, 2.45) is 0 Å². The quantitative estimate of drug-likeness (QED) is 0.879. The maximum absolute atomic E-state index is 11.9. The Kier molecular flexibility index (Phi) is 3.14. The lowest BCUT2D eigenvalue weighted by Gasteiger charge is -2.43. The molecule has 0 aromatic heterocycles. The van der Waals surface area contributed by atoms with E-state index < -0.39 is 12.0 Å². The van der Waals surface area contributed by atoms with Crippen LogP contribution < -0.4 is 10.1 Å². The average Bonchev–Trinajstić information content (AvgIpc) is 2.24. The summed E-state index contributed by atoms with van der Waals surface area (Å²) in [5.74, 6) is -0.256. The average molecular weight is 261 g/mol. The lowest BCUT2D eigenvalue weighted by atomic mass is 9.76. The highest BCUT2D eigenvalue weighted by Gasteiger charge is 2.40. The van der Waals surface area contributed by atoms with Gasteiger partial charge in [0.2, 0.25) is 0 Å². The SMILES string of the molecule is C[C@]1(O)CC[C@@H]1Nc1ccc(OC(F)(F)F)cc1. The number of anilines is 1. The number of nitrogens with one attached hydrogen (secondary N) is 1. The molecule has 1 aliphatic carbocycles. The standard InChI is InChI=1S/C12H14F3NO2/c1-11(17)7-6-10(11)16-8-2-4-9(5-3-8)18-12(13,14)15/h2-5,10,16-17H,6-7H2,1H3/t10-,11-/m0/s1. The Bertz CT molecular complexity index is 414. The fourth-order valence-corrected chi connectivity index (χ4v) is 1.89. The summed E-state index contributed by atoms with van der Waals surface area (Å²) in [5.41, 5.74) is -0.0873. The summed E-state index contributed by atoms with van der Waals surface area (Å²) < 4.78 is 39.6. The van der Waals surface area contributed by atoms with Gasteiger partial charge in [-0.3, -0.25) is 0 Å². The zero-order valence-corrected chi connectivity index (χ0v) is 9.79. The van der Waals surface area contributed by atoms with Gasteiger partial charge in [-0.15, -0.1) is 13.2 Å². The Morgan fingerprint density at radius 1 is 1.33 bits per heavy atom. The van der Waals surface area contributed by atoms with E-state index in [0.717, 1.165) is 12.8 Å². The second kappa shape index (κ2) is 4.35. The highest BCUT2D eigenvalue weighted by Crippen LogP contribution is 2.34. The molecule has 1 fully saturated rings. The summed E-state index contributed by atoms with van der Waals surface area (Å²) in [6, 6.07) is 5.41. The second-order valence-corrected chi connectivity index (χ2v) is 4.66. The van der Waals surface area contributed by atoms with Gasteiger partial charge in [0.05, 0.1) is 11.6 Å². The van der Waals surface area contributed by atoms with Crippen LogP contribution in [0.4, 0.5) is 18.9 Å². The number of ether oxygens (including phenoxy) is 1. The zero-order chi connectivity index (χ0) is 13.4. The van der Waals surface area contributed by atoms with Crippen LogP contribution in [-0.2, 0) is 0 Å². The van der Waals surface area contributed by atoms with Crippen molar-refractivity contribution >= 4 is 5.69 Å². The number of hydrogen-bond acceptors (Lipinski definition) is 3. The van der Waals surface area contributed by atoms with Gasteiger partial charge >= 0.3 is 6.36 Å². The molecule has 0 bridgehead atoms. The number of rotatable bonds is 3. The van der Waals surface area contributed by atoms with Crippen molar-refractivity contribution in [3.05, 3.63) is 24.3 Å². The molecule has 0 radical (unpaired) electrons. The first-order chi connectivity index (χ1) is 8.26. The van der Waals surface area contributed by atoms with Crippen LogP contribution >= 0.6 is 0 Å². The van der Waals surface area contributed by atoms with E-state index in [0.29, 0.717) is 5.69 Å². The van der Waals surface area contributed by atoms with Crippen LogP contribution in [0, 0.1) is 0 Å². The van der Waals surface area contributed by atoms with E-state index in [1.54, 1.807) is 6.92 Å². The van der Waals surface area contributed by atoms with Crippen molar-refractivity contribution in [3.63, 3.8) is 0 Å². The number of hydrogen-bond donors (Lipinski definition) is 2. The molecule has 1 saturated carbocycles. The molecule has 0 aliphatic heterocycles. The summed E-state index contributed by atoms with van der Waals surface area (Å²) in [6.45, 7) is 1.73. The molecule has 0 unspecified atom stereocenters. The minimum atomic E-state index is -4.67. The van der Waals surface area contributed by atoms with Crippen LogP contribution in [0.5, 0.6) is 5.75 Å². The van der Waals surface area contributed by atoms with Gasteiger partial charge in [-0.25, -0.2) is 0 Å². The first-order valence-electron chi connectivity index (χ1n) is 5.61. The molecule has 100 valence electrons. The summed E-state index contributed by atoms with van der Waals surface area (Å²) >= 11 is 0. The Morgan fingerprint density at radius 3 is 2.33 bits per heavy atom. The monoisotopic (exact) mass is 261 g/mol. The lowest BCUT2D eigenvalue weighted by molar-refractivity contribution is -0.274. The Hall–Kier alpha value is -1.43. The molecule has 3 nitrogen and oxygen atoms in total. The minimum absolute atomic E-state index is 0.0631. The number of alkyl halides is 3. The van der Waals surface area contributed by atoms with Gasteiger partial charge < -0.3 is 15.2 Å². The van der Waals surface area contributed by atoms with Crippen LogP contribution in [0.25, 0.3) is 0 Å². The molecule has 1 aromatic carbocycles. The minimum Gasteiger partial charge on any atom is -0.406 e. The first kappa shape index (κ1) is 13.0. The van der Waals surface area contributed by atoms with E-state index in [2.05, 4.69) is 10.1 Å². The van der Waals surface area contributed by atoms with Crippen molar-refractivity contribution < 1.29 is 23.0 Å². The Labute approximate surface area is 103 Å². The molecule has 0 saturated heterocycles. The third-order valence-corrected chi connectivity index (χ3v) is 3.12. The smallest absolute Gasteiger partial charge is 0.406 e. The summed E-state index contributed by atoms with van der Waals surface area (Å²) in [7, 11) is 0. The van der Waals surface area contributed by atoms with Gasteiger partial charge in [-0.05, 0) is 44.0 Å². The van der Waals surface area contributed by atoms with Gasteiger partial charge in [-0.1, -0.05) is 0 Å². The molecule has 0 heterocycles. The zero-order valence-electron chi connectivity index (χ0n) is 9.79. The van der Waals surface area contributed by atoms with Crippen LogP contribution in [0.15, 0.2) is 24.3 Å². The summed E-state index contributed by atoms with van der Waals surface area (Å²) in [4.78, 5) is 0. The molecule has 0 spiro atoms.